The number of carbonyl (C=O) groups excluding carboxylic acids is 1. The minimum atomic E-state index is -1.86. The number of alkyl halides is 3. The fourth-order valence-corrected chi connectivity index (χ4v) is 3.77. The molecule has 166 valence electrons. The first kappa shape index (κ1) is 24.3. The summed E-state index contributed by atoms with van der Waals surface area (Å²) in [6.45, 7) is 1.95. The molecule has 3 N–H and O–H groups in total. The number of anilines is 1. The summed E-state index contributed by atoms with van der Waals surface area (Å²) in [6.07, 6.45) is -1.07. The minimum absolute atomic E-state index is 0.215. The average molecular weight is 507 g/mol. The Bertz CT molecular complexity index is 1020. The molecule has 3 aromatic carbocycles. The van der Waals surface area contributed by atoms with Crippen molar-refractivity contribution in [3.05, 3.63) is 102 Å². The van der Waals surface area contributed by atoms with E-state index in [-0.39, 0.29) is 11.0 Å². The van der Waals surface area contributed by atoms with E-state index in [1.54, 1.807) is 0 Å². The molecule has 4 nitrogen and oxygen atoms in total. The zero-order valence-corrected chi connectivity index (χ0v) is 20.3. The molecule has 0 aromatic heterocycles. The maximum atomic E-state index is 13.4. The standard InChI is InChI=1S/C24H22Cl3N3OS/c1-16-10-8-9-15-19(16)28-23(32)30-22(24(25,26)27)29-21(31)20(17-11-4-2-5-12-17)18-13-6-3-7-14-18/h2-15,20,22H,1H3,(H,29,31)(H2,28,30,32)/t22-/m1/s1. The SMILES string of the molecule is Cc1ccccc1NC(=S)N[C@@H](NC(=O)C(c1ccccc1)c1ccccc1)C(Cl)(Cl)Cl. The zero-order valence-electron chi connectivity index (χ0n) is 17.2. The van der Waals surface area contributed by atoms with E-state index < -0.39 is 15.9 Å². The summed E-state index contributed by atoms with van der Waals surface area (Å²) in [4.78, 5) is 13.4. The van der Waals surface area contributed by atoms with Crippen molar-refractivity contribution >= 4 is 63.7 Å². The highest BCUT2D eigenvalue weighted by atomic mass is 35.6. The van der Waals surface area contributed by atoms with Gasteiger partial charge in [-0.3, -0.25) is 4.79 Å². The Morgan fingerprint density at radius 1 is 0.812 bits per heavy atom. The first-order chi connectivity index (χ1) is 15.3. The van der Waals surface area contributed by atoms with Crippen LogP contribution < -0.4 is 16.0 Å². The number of thiocarbonyl (C=S) groups is 1. The van der Waals surface area contributed by atoms with Crippen LogP contribution in [0.15, 0.2) is 84.9 Å². The van der Waals surface area contributed by atoms with Crippen molar-refractivity contribution in [1.82, 2.24) is 10.6 Å². The zero-order chi connectivity index (χ0) is 23.1. The van der Waals surface area contributed by atoms with Crippen molar-refractivity contribution in [2.75, 3.05) is 5.32 Å². The second-order valence-corrected chi connectivity index (χ2v) is 9.93. The van der Waals surface area contributed by atoms with Gasteiger partial charge in [0.1, 0.15) is 6.17 Å². The third-order valence-electron chi connectivity index (χ3n) is 4.81. The highest BCUT2D eigenvalue weighted by Gasteiger charge is 2.36. The molecule has 0 aliphatic carbocycles. The Morgan fingerprint density at radius 2 is 1.31 bits per heavy atom. The van der Waals surface area contributed by atoms with Gasteiger partial charge < -0.3 is 16.0 Å². The van der Waals surface area contributed by atoms with E-state index in [0.717, 1.165) is 22.4 Å². The quantitative estimate of drug-likeness (QED) is 0.220. The van der Waals surface area contributed by atoms with Gasteiger partial charge in [-0.15, -0.1) is 0 Å². The van der Waals surface area contributed by atoms with Crippen LogP contribution in [0.25, 0.3) is 0 Å². The third kappa shape index (κ3) is 6.59. The molecular formula is C24H22Cl3N3OS. The number of amides is 1. The van der Waals surface area contributed by atoms with Crippen LogP contribution in [0, 0.1) is 6.92 Å². The first-order valence-electron chi connectivity index (χ1n) is 9.86. The number of para-hydroxylation sites is 1. The number of benzene rings is 3. The molecule has 0 aliphatic heterocycles. The molecule has 1 amide bonds. The van der Waals surface area contributed by atoms with E-state index in [1.807, 2.05) is 91.9 Å². The van der Waals surface area contributed by atoms with E-state index in [2.05, 4.69) is 16.0 Å². The topological polar surface area (TPSA) is 53.2 Å². The Hall–Kier alpha value is -2.31. The number of hydrogen-bond donors (Lipinski definition) is 3. The van der Waals surface area contributed by atoms with E-state index in [1.165, 1.54) is 0 Å². The normalized spacial score (nSPS) is 12.2. The number of hydrogen-bond acceptors (Lipinski definition) is 2. The number of rotatable bonds is 6. The molecule has 0 saturated carbocycles. The van der Waals surface area contributed by atoms with Crippen molar-refractivity contribution in [1.29, 1.82) is 0 Å². The molecule has 32 heavy (non-hydrogen) atoms. The lowest BCUT2D eigenvalue weighted by Crippen LogP contribution is -2.57. The molecule has 0 saturated heterocycles. The van der Waals surface area contributed by atoms with Gasteiger partial charge in [0, 0.05) is 5.69 Å². The molecule has 0 aliphatic rings. The molecule has 8 heteroatoms. The van der Waals surface area contributed by atoms with Crippen molar-refractivity contribution in [3.63, 3.8) is 0 Å². The van der Waals surface area contributed by atoms with Gasteiger partial charge in [-0.05, 0) is 41.9 Å². The van der Waals surface area contributed by atoms with Crippen LogP contribution in [0.3, 0.4) is 0 Å². The van der Waals surface area contributed by atoms with E-state index in [9.17, 15) is 4.79 Å². The average Bonchev–Trinajstić information content (AvgIpc) is 2.76. The van der Waals surface area contributed by atoms with Crippen LogP contribution in [0.4, 0.5) is 5.69 Å². The maximum Gasteiger partial charge on any atom is 0.233 e. The van der Waals surface area contributed by atoms with Crippen molar-refractivity contribution in [3.8, 4) is 0 Å². The number of halogens is 3. The van der Waals surface area contributed by atoms with Gasteiger partial charge in [-0.1, -0.05) is 114 Å². The summed E-state index contributed by atoms with van der Waals surface area (Å²) in [5.41, 5.74) is 3.45. The molecule has 0 unspecified atom stereocenters. The Kier molecular flexibility index (Phi) is 8.38. The molecule has 3 rings (SSSR count). The smallest absolute Gasteiger partial charge is 0.233 e. The van der Waals surface area contributed by atoms with Crippen LogP contribution in [-0.2, 0) is 4.79 Å². The van der Waals surface area contributed by atoms with Gasteiger partial charge in [0.15, 0.2) is 5.11 Å². The maximum absolute atomic E-state index is 13.4. The largest absolute Gasteiger partial charge is 0.339 e. The number of carbonyl (C=O) groups is 1. The first-order valence-corrected chi connectivity index (χ1v) is 11.4. The lowest BCUT2D eigenvalue weighted by molar-refractivity contribution is -0.122. The number of nitrogens with one attached hydrogen (secondary N) is 3. The highest BCUT2D eigenvalue weighted by molar-refractivity contribution is 7.80. The Labute approximate surface area is 208 Å². The van der Waals surface area contributed by atoms with Crippen LogP contribution in [0.1, 0.15) is 22.6 Å². The molecule has 3 aromatic rings. The lowest BCUT2D eigenvalue weighted by atomic mass is 9.90. The van der Waals surface area contributed by atoms with Gasteiger partial charge >= 0.3 is 0 Å². The molecule has 0 spiro atoms. The lowest BCUT2D eigenvalue weighted by Gasteiger charge is -2.30. The number of aryl methyl sites for hydroxylation is 1. The molecule has 0 fully saturated rings. The fraction of sp³-hybridized carbons (Fsp3) is 0.167. The van der Waals surface area contributed by atoms with Gasteiger partial charge in [0.05, 0.1) is 5.92 Å². The Balaban J connectivity index is 1.81. The minimum Gasteiger partial charge on any atom is -0.339 e. The van der Waals surface area contributed by atoms with Gasteiger partial charge in [0.2, 0.25) is 9.70 Å². The van der Waals surface area contributed by atoms with Crippen molar-refractivity contribution < 1.29 is 4.79 Å². The van der Waals surface area contributed by atoms with Crippen LogP contribution >= 0.6 is 47.0 Å². The second kappa shape index (κ2) is 11.0. The van der Waals surface area contributed by atoms with Gasteiger partial charge in [-0.25, -0.2) is 0 Å². The van der Waals surface area contributed by atoms with Crippen molar-refractivity contribution in [2.45, 2.75) is 22.8 Å². The van der Waals surface area contributed by atoms with Crippen LogP contribution in [0.5, 0.6) is 0 Å². The van der Waals surface area contributed by atoms with E-state index in [0.29, 0.717) is 0 Å². The molecule has 0 bridgehead atoms. The second-order valence-electron chi connectivity index (χ2n) is 7.15. The fourth-order valence-electron chi connectivity index (χ4n) is 3.21. The summed E-state index contributed by atoms with van der Waals surface area (Å²) in [5, 5.41) is 9.01. The summed E-state index contributed by atoms with van der Waals surface area (Å²) in [6, 6.07) is 26.5. The van der Waals surface area contributed by atoms with E-state index >= 15 is 0 Å². The predicted molar refractivity (Wildman–Crippen MR) is 137 cm³/mol. The summed E-state index contributed by atoms with van der Waals surface area (Å²) in [7, 11) is 0. The van der Waals surface area contributed by atoms with Gasteiger partial charge in [-0.2, -0.15) is 0 Å². The Morgan fingerprint density at radius 3 is 1.81 bits per heavy atom. The summed E-state index contributed by atoms with van der Waals surface area (Å²) < 4.78 is -1.86. The summed E-state index contributed by atoms with van der Waals surface area (Å²) >= 11 is 24.0. The highest BCUT2D eigenvalue weighted by Crippen LogP contribution is 2.31. The monoisotopic (exact) mass is 505 g/mol. The van der Waals surface area contributed by atoms with Crippen LogP contribution in [-0.4, -0.2) is 21.0 Å². The summed E-state index contributed by atoms with van der Waals surface area (Å²) in [5.74, 6) is -0.920. The third-order valence-corrected chi connectivity index (χ3v) is 5.69. The molecule has 1 atom stereocenters. The molecule has 0 heterocycles. The van der Waals surface area contributed by atoms with Crippen LogP contribution in [0.2, 0.25) is 0 Å². The molecular weight excluding hydrogens is 485 g/mol. The molecule has 0 radical (unpaired) electrons. The van der Waals surface area contributed by atoms with Gasteiger partial charge in [0.25, 0.3) is 0 Å². The van der Waals surface area contributed by atoms with E-state index in [4.69, 9.17) is 47.0 Å². The van der Waals surface area contributed by atoms with Crippen molar-refractivity contribution in [2.24, 2.45) is 0 Å². The predicted octanol–water partition coefficient (Wildman–Crippen LogP) is 5.93.